The second-order valence-corrected chi connectivity index (χ2v) is 7.70. The lowest BCUT2D eigenvalue weighted by Crippen LogP contribution is -2.42. The van der Waals surface area contributed by atoms with E-state index in [-0.39, 0.29) is 18.1 Å². The highest BCUT2D eigenvalue weighted by atomic mass is 16.5. The molecule has 2 bridgehead atoms. The maximum Gasteiger partial charge on any atom is 0.245 e. The Labute approximate surface area is 145 Å². The third-order valence-corrected chi connectivity index (χ3v) is 6.16. The summed E-state index contributed by atoms with van der Waals surface area (Å²) in [5.74, 6) is 0.997. The van der Waals surface area contributed by atoms with Crippen LogP contribution < -0.4 is 5.32 Å². The molecule has 24 heavy (non-hydrogen) atoms. The molecule has 4 atom stereocenters. The van der Waals surface area contributed by atoms with E-state index in [0.29, 0.717) is 17.9 Å². The average molecular weight is 336 g/mol. The summed E-state index contributed by atoms with van der Waals surface area (Å²) in [6, 6.07) is 0. The number of amides is 1. The van der Waals surface area contributed by atoms with Crippen LogP contribution in [0.4, 0.5) is 0 Å². The normalized spacial score (nSPS) is 35.5. The largest absolute Gasteiger partial charge is 0.375 e. The lowest BCUT2D eigenvalue weighted by molar-refractivity contribution is -0.125. The molecule has 136 valence electrons. The minimum Gasteiger partial charge on any atom is -0.375 e. The first-order valence-electron chi connectivity index (χ1n) is 9.39. The number of likely N-dealkylation sites (tertiary alicyclic amines) is 1. The van der Waals surface area contributed by atoms with Crippen LogP contribution in [0.2, 0.25) is 0 Å². The van der Waals surface area contributed by atoms with Gasteiger partial charge in [0.05, 0.1) is 11.7 Å². The number of carbonyl (C=O) groups is 1. The summed E-state index contributed by atoms with van der Waals surface area (Å²) < 4.78 is 11.3. The van der Waals surface area contributed by atoms with E-state index in [9.17, 15) is 4.79 Å². The van der Waals surface area contributed by atoms with E-state index in [2.05, 4.69) is 30.1 Å². The van der Waals surface area contributed by atoms with Crippen LogP contribution in [0.15, 0.2) is 11.6 Å². The fraction of sp³-hybridized carbons (Fsp3) is 0.842. The van der Waals surface area contributed by atoms with Crippen molar-refractivity contribution >= 4 is 5.91 Å². The Hall–Kier alpha value is -0.910. The Kier molecular flexibility index (Phi) is 5.63. The van der Waals surface area contributed by atoms with E-state index in [4.69, 9.17) is 9.47 Å². The molecule has 0 radical (unpaired) electrons. The molecule has 0 aromatic carbocycles. The second kappa shape index (κ2) is 7.54. The Morgan fingerprint density at radius 3 is 3.08 bits per heavy atom. The van der Waals surface area contributed by atoms with Gasteiger partial charge in [-0.1, -0.05) is 18.6 Å². The number of hydrogen-bond donors (Lipinski definition) is 1. The number of hydrogen-bond acceptors (Lipinski definition) is 4. The van der Waals surface area contributed by atoms with Crippen LogP contribution in [0.25, 0.3) is 0 Å². The standard InChI is InChI=1S/C19H32N2O3/c1-4-14(2)6-5-9-21-11-16-15(10-20-18(22)12-23-3)17-7-8-19(16,13-21)24-17/h6,15-17H,4-5,7-13H2,1-3H3,(H,20,22)/b14-6+/t15-,16+,17+,19+/m0/s1. The molecule has 0 aromatic rings. The van der Waals surface area contributed by atoms with Gasteiger partial charge in [0.15, 0.2) is 0 Å². The quantitative estimate of drug-likeness (QED) is 0.689. The predicted octanol–water partition coefficient (Wildman–Crippen LogP) is 1.97. The molecule has 1 amide bonds. The first-order valence-corrected chi connectivity index (χ1v) is 9.39. The van der Waals surface area contributed by atoms with Crippen LogP contribution in [0.3, 0.4) is 0 Å². The maximum absolute atomic E-state index is 11.7. The minimum absolute atomic E-state index is 0.0237. The fourth-order valence-corrected chi connectivity index (χ4v) is 4.78. The molecule has 0 saturated carbocycles. The van der Waals surface area contributed by atoms with Crippen LogP contribution in [0, 0.1) is 11.8 Å². The van der Waals surface area contributed by atoms with E-state index >= 15 is 0 Å². The van der Waals surface area contributed by atoms with Crippen molar-refractivity contribution < 1.29 is 14.3 Å². The van der Waals surface area contributed by atoms with Gasteiger partial charge in [-0.3, -0.25) is 9.69 Å². The maximum atomic E-state index is 11.7. The van der Waals surface area contributed by atoms with Gasteiger partial charge in [0, 0.05) is 45.1 Å². The number of nitrogens with one attached hydrogen (secondary N) is 1. The van der Waals surface area contributed by atoms with Gasteiger partial charge in [-0.2, -0.15) is 0 Å². The lowest BCUT2D eigenvalue weighted by Gasteiger charge is -2.29. The van der Waals surface area contributed by atoms with E-state index in [1.165, 1.54) is 12.0 Å². The third-order valence-electron chi connectivity index (χ3n) is 6.16. The van der Waals surface area contributed by atoms with E-state index in [1.807, 2.05) is 0 Å². The number of ether oxygens (including phenoxy) is 2. The number of nitrogens with zero attached hydrogens (tertiary/aromatic N) is 1. The van der Waals surface area contributed by atoms with Gasteiger partial charge in [0.2, 0.25) is 5.91 Å². The van der Waals surface area contributed by atoms with Crippen LogP contribution >= 0.6 is 0 Å². The Balaban J connectivity index is 1.54. The van der Waals surface area contributed by atoms with Gasteiger partial charge >= 0.3 is 0 Å². The van der Waals surface area contributed by atoms with Gasteiger partial charge < -0.3 is 14.8 Å². The molecule has 3 rings (SSSR count). The molecule has 3 saturated heterocycles. The molecule has 3 fully saturated rings. The molecule has 3 aliphatic heterocycles. The first kappa shape index (κ1) is 17.9. The summed E-state index contributed by atoms with van der Waals surface area (Å²) in [4.78, 5) is 14.3. The van der Waals surface area contributed by atoms with Crippen molar-refractivity contribution in [1.82, 2.24) is 10.2 Å². The summed E-state index contributed by atoms with van der Waals surface area (Å²) in [5.41, 5.74) is 1.54. The topological polar surface area (TPSA) is 50.8 Å². The van der Waals surface area contributed by atoms with Crippen LogP contribution in [0.1, 0.15) is 39.5 Å². The smallest absolute Gasteiger partial charge is 0.245 e. The predicted molar refractivity (Wildman–Crippen MR) is 93.8 cm³/mol. The zero-order chi connectivity index (χ0) is 17.2. The molecular formula is C19H32N2O3. The highest BCUT2D eigenvalue weighted by Gasteiger charge is 2.62. The molecule has 3 aliphatic rings. The number of methoxy groups -OCH3 is 1. The SMILES string of the molecule is CC/C(C)=C/CCN1C[C@@H]2[C@H](CNC(=O)COC)[C@H]3CC[C@]2(C1)O3. The Morgan fingerprint density at radius 1 is 1.50 bits per heavy atom. The van der Waals surface area contributed by atoms with E-state index in [1.54, 1.807) is 7.11 Å². The van der Waals surface area contributed by atoms with Crippen molar-refractivity contribution in [3.05, 3.63) is 11.6 Å². The van der Waals surface area contributed by atoms with Gasteiger partial charge in [-0.05, 0) is 32.6 Å². The fourth-order valence-electron chi connectivity index (χ4n) is 4.78. The van der Waals surface area contributed by atoms with E-state index in [0.717, 1.165) is 45.4 Å². The summed E-state index contributed by atoms with van der Waals surface area (Å²) in [7, 11) is 1.55. The van der Waals surface area contributed by atoms with Crippen molar-refractivity contribution in [3.8, 4) is 0 Å². The Bertz CT molecular complexity index is 493. The molecule has 1 spiro atoms. The molecule has 0 aliphatic carbocycles. The average Bonchev–Trinajstić information content (AvgIpc) is 3.20. The van der Waals surface area contributed by atoms with Crippen molar-refractivity contribution in [2.75, 3.05) is 39.9 Å². The minimum atomic E-state index is -0.0237. The summed E-state index contributed by atoms with van der Waals surface area (Å²) in [6.07, 6.45) is 7.30. The van der Waals surface area contributed by atoms with Crippen molar-refractivity contribution in [3.63, 3.8) is 0 Å². The Morgan fingerprint density at radius 2 is 2.33 bits per heavy atom. The lowest BCUT2D eigenvalue weighted by atomic mass is 9.73. The molecule has 5 nitrogen and oxygen atoms in total. The first-order chi connectivity index (χ1) is 11.6. The zero-order valence-corrected chi connectivity index (χ0v) is 15.3. The number of carbonyl (C=O) groups excluding carboxylic acids is 1. The van der Waals surface area contributed by atoms with E-state index < -0.39 is 0 Å². The zero-order valence-electron chi connectivity index (χ0n) is 15.3. The highest BCUT2D eigenvalue weighted by Crippen LogP contribution is 2.54. The molecular weight excluding hydrogens is 304 g/mol. The summed E-state index contributed by atoms with van der Waals surface area (Å²) >= 11 is 0. The highest BCUT2D eigenvalue weighted by molar-refractivity contribution is 5.77. The molecule has 1 N–H and O–H groups in total. The molecule has 0 aromatic heterocycles. The monoisotopic (exact) mass is 336 g/mol. The van der Waals surface area contributed by atoms with Crippen molar-refractivity contribution in [2.45, 2.75) is 51.2 Å². The number of allylic oxidation sites excluding steroid dienone is 1. The van der Waals surface area contributed by atoms with Gasteiger partial charge in [-0.15, -0.1) is 0 Å². The van der Waals surface area contributed by atoms with Crippen molar-refractivity contribution in [1.29, 1.82) is 0 Å². The molecule has 5 heteroatoms. The summed E-state index contributed by atoms with van der Waals surface area (Å²) in [5, 5.41) is 3.03. The van der Waals surface area contributed by atoms with Gasteiger partial charge in [0.25, 0.3) is 0 Å². The molecule has 3 heterocycles. The van der Waals surface area contributed by atoms with Crippen molar-refractivity contribution in [2.24, 2.45) is 11.8 Å². The van der Waals surface area contributed by atoms with Gasteiger partial charge in [0.1, 0.15) is 6.61 Å². The van der Waals surface area contributed by atoms with Crippen LogP contribution in [0.5, 0.6) is 0 Å². The van der Waals surface area contributed by atoms with Crippen LogP contribution in [-0.4, -0.2) is 62.4 Å². The number of rotatable bonds is 8. The summed E-state index contributed by atoms with van der Waals surface area (Å²) in [6.45, 7) is 8.58. The third kappa shape index (κ3) is 3.53. The van der Waals surface area contributed by atoms with Gasteiger partial charge in [-0.25, -0.2) is 0 Å². The van der Waals surface area contributed by atoms with Crippen LogP contribution in [-0.2, 0) is 14.3 Å². The number of fused-ring (bicyclic) bond motifs is 1. The second-order valence-electron chi connectivity index (χ2n) is 7.70. The molecule has 0 unspecified atom stereocenters.